The molecule has 2 aromatic rings. The van der Waals surface area contributed by atoms with Gasteiger partial charge in [-0.25, -0.2) is 9.97 Å². The van der Waals surface area contributed by atoms with Crippen LogP contribution in [0.25, 0.3) is 11.3 Å². The van der Waals surface area contributed by atoms with Crippen molar-refractivity contribution in [2.24, 2.45) is 0 Å². The van der Waals surface area contributed by atoms with E-state index in [0.717, 1.165) is 23.9 Å². The van der Waals surface area contributed by atoms with Gasteiger partial charge in [0.1, 0.15) is 0 Å². The van der Waals surface area contributed by atoms with Crippen LogP contribution in [0.5, 0.6) is 0 Å². The van der Waals surface area contributed by atoms with Crippen LogP contribution in [0.4, 0.5) is 11.6 Å². The summed E-state index contributed by atoms with van der Waals surface area (Å²) < 4.78 is 0. The van der Waals surface area contributed by atoms with Gasteiger partial charge in [-0.1, -0.05) is 62.8 Å². The Morgan fingerprint density at radius 3 is 2.03 bits per heavy atom. The third-order valence-electron chi connectivity index (χ3n) is 5.14. The fourth-order valence-electron chi connectivity index (χ4n) is 3.44. The molecule has 30 heavy (non-hydrogen) atoms. The second kappa shape index (κ2) is 11.0. The molecule has 1 aromatic heterocycles. The zero-order valence-electron chi connectivity index (χ0n) is 18.5. The molecule has 4 rings (SSSR count). The van der Waals surface area contributed by atoms with Gasteiger partial charge < -0.3 is 20.4 Å². The Balaban J connectivity index is 0.000000340. The summed E-state index contributed by atoms with van der Waals surface area (Å²) in [5.41, 5.74) is 1.61. The van der Waals surface area contributed by atoms with Crippen LogP contribution < -0.4 is 10.2 Å². The van der Waals surface area contributed by atoms with Crippen LogP contribution in [0.15, 0.2) is 30.5 Å². The van der Waals surface area contributed by atoms with Crippen molar-refractivity contribution in [1.29, 1.82) is 0 Å². The minimum Gasteiger partial charge on any atom is -0.400 e. The molecule has 0 unspecified atom stereocenters. The maximum absolute atomic E-state index is 11.5. The van der Waals surface area contributed by atoms with Crippen molar-refractivity contribution in [1.82, 2.24) is 9.97 Å². The Bertz CT molecular complexity index is 801. The molecule has 1 aliphatic heterocycles. The number of fused-ring (bicyclic) bond motifs is 1. The third-order valence-corrected chi connectivity index (χ3v) is 5.14. The van der Waals surface area contributed by atoms with E-state index in [2.05, 4.69) is 15.3 Å². The van der Waals surface area contributed by atoms with Gasteiger partial charge in [0, 0.05) is 19.7 Å². The maximum atomic E-state index is 11.5. The fraction of sp³-hybridized carbons (Fsp3) is 0.522. The SMILES string of the molecule is C1CCCCC1.CN1CC(=O)Nc2ncc(-c3ccc(C(C)(C)O)cc3)nc21.CO. The van der Waals surface area contributed by atoms with Crippen LogP contribution in [-0.2, 0) is 10.4 Å². The Kier molecular flexibility index (Phi) is 8.74. The highest BCUT2D eigenvalue weighted by molar-refractivity contribution is 5.99. The summed E-state index contributed by atoms with van der Waals surface area (Å²) >= 11 is 0. The number of rotatable bonds is 2. The van der Waals surface area contributed by atoms with Gasteiger partial charge in [0.2, 0.25) is 5.91 Å². The van der Waals surface area contributed by atoms with E-state index < -0.39 is 5.60 Å². The molecular weight excluding hydrogens is 380 g/mol. The summed E-state index contributed by atoms with van der Waals surface area (Å²) in [6.45, 7) is 3.76. The number of aliphatic hydroxyl groups excluding tert-OH is 1. The average Bonchev–Trinajstić information content (AvgIpc) is 2.76. The fourth-order valence-corrected chi connectivity index (χ4v) is 3.44. The zero-order valence-corrected chi connectivity index (χ0v) is 18.5. The lowest BCUT2D eigenvalue weighted by Gasteiger charge is -2.25. The number of amides is 1. The number of carbonyl (C=O) groups is 1. The van der Waals surface area contributed by atoms with E-state index in [-0.39, 0.29) is 12.5 Å². The van der Waals surface area contributed by atoms with Gasteiger partial charge >= 0.3 is 0 Å². The predicted molar refractivity (Wildman–Crippen MR) is 120 cm³/mol. The van der Waals surface area contributed by atoms with Crippen molar-refractivity contribution in [3.8, 4) is 11.3 Å². The Hall–Kier alpha value is -2.51. The van der Waals surface area contributed by atoms with E-state index in [0.29, 0.717) is 11.6 Å². The molecular formula is C23H34N4O3. The molecule has 7 nitrogen and oxygen atoms in total. The highest BCUT2D eigenvalue weighted by Gasteiger charge is 2.22. The van der Waals surface area contributed by atoms with E-state index in [1.807, 2.05) is 31.3 Å². The average molecular weight is 415 g/mol. The maximum Gasteiger partial charge on any atom is 0.245 e. The van der Waals surface area contributed by atoms with Gasteiger partial charge in [0.25, 0.3) is 0 Å². The van der Waals surface area contributed by atoms with Gasteiger partial charge in [-0.05, 0) is 19.4 Å². The number of hydrogen-bond donors (Lipinski definition) is 3. The number of carbonyl (C=O) groups excluding carboxylic acids is 1. The van der Waals surface area contributed by atoms with Crippen molar-refractivity contribution in [3.63, 3.8) is 0 Å². The molecule has 0 spiro atoms. The number of anilines is 2. The number of aliphatic hydroxyl groups is 2. The van der Waals surface area contributed by atoms with Crippen LogP contribution in [0.2, 0.25) is 0 Å². The smallest absolute Gasteiger partial charge is 0.245 e. The van der Waals surface area contributed by atoms with Crippen molar-refractivity contribution < 1.29 is 15.0 Å². The molecule has 1 aliphatic carbocycles. The largest absolute Gasteiger partial charge is 0.400 e. The van der Waals surface area contributed by atoms with E-state index >= 15 is 0 Å². The van der Waals surface area contributed by atoms with Crippen LogP contribution in [0, 0.1) is 0 Å². The molecule has 2 heterocycles. The number of nitrogens with one attached hydrogen (secondary N) is 1. The summed E-state index contributed by atoms with van der Waals surface area (Å²) in [6.07, 6.45) is 10.6. The molecule has 7 heteroatoms. The molecule has 1 amide bonds. The number of likely N-dealkylation sites (N-methyl/N-ethyl adjacent to an activating group) is 1. The van der Waals surface area contributed by atoms with E-state index in [1.165, 1.54) is 38.5 Å². The van der Waals surface area contributed by atoms with Crippen molar-refractivity contribution in [2.75, 3.05) is 30.9 Å². The highest BCUT2D eigenvalue weighted by atomic mass is 16.3. The summed E-state index contributed by atoms with van der Waals surface area (Å²) in [6, 6.07) is 7.57. The molecule has 1 saturated carbocycles. The van der Waals surface area contributed by atoms with Gasteiger partial charge in [-0.2, -0.15) is 0 Å². The molecule has 0 bridgehead atoms. The van der Waals surface area contributed by atoms with Gasteiger partial charge in [0.15, 0.2) is 11.6 Å². The topological polar surface area (TPSA) is 98.6 Å². The quantitative estimate of drug-likeness (QED) is 0.693. The molecule has 1 fully saturated rings. The first-order chi connectivity index (χ1) is 14.3. The van der Waals surface area contributed by atoms with E-state index in [1.54, 1.807) is 24.9 Å². The normalized spacial score (nSPS) is 15.7. The lowest BCUT2D eigenvalue weighted by molar-refractivity contribution is -0.115. The lowest BCUT2D eigenvalue weighted by Crippen LogP contribution is -2.36. The number of nitrogens with zero attached hydrogens (tertiary/aromatic N) is 3. The summed E-state index contributed by atoms with van der Waals surface area (Å²) in [5.74, 6) is 1.05. The molecule has 3 N–H and O–H groups in total. The number of aromatic nitrogens is 2. The Morgan fingerprint density at radius 1 is 1.00 bits per heavy atom. The van der Waals surface area contributed by atoms with Crippen LogP contribution in [0.3, 0.4) is 0 Å². The standard InChI is InChI=1S/C16H18N4O2.C6H12.CH4O/c1-16(2,22)11-6-4-10(5-7-11)12-8-17-14-15(18-12)20(3)9-13(21)19-14;1-2-4-6-5-3-1;1-2/h4-8,22H,9H2,1-3H3,(H,17,19,21);1-6H2;2H,1H3. The molecule has 0 atom stereocenters. The zero-order chi connectivity index (χ0) is 22.1. The lowest BCUT2D eigenvalue weighted by atomic mass is 9.97. The van der Waals surface area contributed by atoms with Crippen LogP contribution >= 0.6 is 0 Å². The Labute approximate surface area is 179 Å². The first-order valence-corrected chi connectivity index (χ1v) is 10.5. The highest BCUT2D eigenvalue weighted by Crippen LogP contribution is 2.28. The second-order valence-electron chi connectivity index (χ2n) is 8.09. The molecule has 0 radical (unpaired) electrons. The predicted octanol–water partition coefficient (Wildman–Crippen LogP) is 3.71. The number of benzene rings is 1. The van der Waals surface area contributed by atoms with E-state index in [9.17, 15) is 9.90 Å². The minimum absolute atomic E-state index is 0.0911. The summed E-state index contributed by atoms with van der Waals surface area (Å²) in [7, 11) is 2.81. The third kappa shape index (κ3) is 6.50. The van der Waals surface area contributed by atoms with Gasteiger partial charge in [-0.3, -0.25) is 4.79 Å². The summed E-state index contributed by atoms with van der Waals surface area (Å²) in [4.78, 5) is 22.1. The first-order valence-electron chi connectivity index (χ1n) is 10.5. The van der Waals surface area contributed by atoms with Gasteiger partial charge in [-0.15, -0.1) is 0 Å². The number of hydrogen-bond acceptors (Lipinski definition) is 6. The van der Waals surface area contributed by atoms with Crippen LogP contribution in [0.1, 0.15) is 57.9 Å². The molecule has 164 valence electrons. The van der Waals surface area contributed by atoms with Crippen molar-refractivity contribution in [3.05, 3.63) is 36.0 Å². The molecule has 2 aliphatic rings. The van der Waals surface area contributed by atoms with Crippen molar-refractivity contribution >= 4 is 17.5 Å². The summed E-state index contributed by atoms with van der Waals surface area (Å²) in [5, 5.41) is 19.7. The monoisotopic (exact) mass is 414 g/mol. The molecule has 0 saturated heterocycles. The van der Waals surface area contributed by atoms with E-state index in [4.69, 9.17) is 5.11 Å². The van der Waals surface area contributed by atoms with Gasteiger partial charge in [0.05, 0.1) is 24.0 Å². The van der Waals surface area contributed by atoms with Crippen LogP contribution in [-0.4, -0.2) is 46.8 Å². The minimum atomic E-state index is -0.870. The second-order valence-corrected chi connectivity index (χ2v) is 8.09. The van der Waals surface area contributed by atoms with Crippen molar-refractivity contribution in [2.45, 2.75) is 58.0 Å². The first kappa shape index (κ1) is 23.8. The molecule has 1 aromatic carbocycles. The Morgan fingerprint density at radius 2 is 1.53 bits per heavy atom.